The van der Waals surface area contributed by atoms with Crippen LogP contribution in [0.25, 0.3) is 0 Å². The highest BCUT2D eigenvalue weighted by molar-refractivity contribution is 6.01. The van der Waals surface area contributed by atoms with E-state index in [1.165, 1.54) is 10.6 Å². The number of aryl methyl sites for hydroxylation is 1. The van der Waals surface area contributed by atoms with Gasteiger partial charge in [-0.15, -0.1) is 0 Å². The van der Waals surface area contributed by atoms with Gasteiger partial charge in [-0.1, -0.05) is 11.2 Å². The van der Waals surface area contributed by atoms with E-state index >= 15 is 0 Å². The fourth-order valence-corrected chi connectivity index (χ4v) is 1.95. The molecule has 1 N–H and O–H groups in total. The van der Waals surface area contributed by atoms with Crippen LogP contribution in [-0.2, 0) is 6.54 Å². The predicted octanol–water partition coefficient (Wildman–Crippen LogP) is 2.04. The lowest BCUT2D eigenvalue weighted by Crippen LogP contribution is -2.18. The summed E-state index contributed by atoms with van der Waals surface area (Å²) < 4.78 is 11.8. The third-order valence-corrected chi connectivity index (χ3v) is 2.98. The second-order valence-corrected chi connectivity index (χ2v) is 4.71. The number of nitrogens with one attached hydrogen (secondary N) is 1. The molecule has 1 amide bonds. The summed E-state index contributed by atoms with van der Waals surface area (Å²) in [4.78, 5) is 23.6. The zero-order chi connectivity index (χ0) is 15.5. The minimum absolute atomic E-state index is 0.136. The molecule has 7 heteroatoms. The maximum atomic E-state index is 12.0. The fourth-order valence-electron chi connectivity index (χ4n) is 1.95. The molecule has 22 heavy (non-hydrogen) atoms. The summed E-state index contributed by atoms with van der Waals surface area (Å²) >= 11 is 0. The molecule has 3 aromatic rings. The number of pyridine rings is 1. The highest BCUT2D eigenvalue weighted by atomic mass is 16.5. The predicted molar refractivity (Wildman–Crippen MR) is 77.7 cm³/mol. The molecule has 0 radical (unpaired) electrons. The van der Waals surface area contributed by atoms with Crippen LogP contribution in [0.4, 0.5) is 5.82 Å². The second-order valence-electron chi connectivity index (χ2n) is 4.71. The number of hydrogen-bond donors (Lipinski definition) is 1. The third-order valence-electron chi connectivity index (χ3n) is 2.98. The number of furan rings is 1. The summed E-state index contributed by atoms with van der Waals surface area (Å²) in [6.45, 7) is 1.99. The van der Waals surface area contributed by atoms with E-state index in [1.54, 1.807) is 43.5 Å². The molecule has 0 aliphatic heterocycles. The first-order chi connectivity index (χ1) is 10.6. The van der Waals surface area contributed by atoms with Crippen molar-refractivity contribution in [1.82, 2.24) is 9.72 Å². The Morgan fingerprint density at radius 3 is 2.91 bits per heavy atom. The van der Waals surface area contributed by atoms with Crippen molar-refractivity contribution in [3.8, 4) is 0 Å². The molecule has 3 rings (SSSR count). The minimum Gasteiger partial charge on any atom is -0.454 e. The third kappa shape index (κ3) is 2.98. The molecule has 3 aromatic heterocycles. The van der Waals surface area contributed by atoms with Gasteiger partial charge in [0, 0.05) is 18.3 Å². The Morgan fingerprint density at radius 1 is 1.32 bits per heavy atom. The first-order valence-corrected chi connectivity index (χ1v) is 6.61. The van der Waals surface area contributed by atoms with Crippen molar-refractivity contribution < 1.29 is 13.7 Å². The molecule has 0 aromatic carbocycles. The van der Waals surface area contributed by atoms with Gasteiger partial charge >= 0.3 is 0 Å². The highest BCUT2D eigenvalue weighted by Gasteiger charge is 2.13. The summed E-state index contributed by atoms with van der Waals surface area (Å²) in [6.07, 6.45) is 1.66. The van der Waals surface area contributed by atoms with E-state index in [0.717, 1.165) is 0 Å². The molecule has 0 fully saturated rings. The van der Waals surface area contributed by atoms with Crippen molar-refractivity contribution in [3.63, 3.8) is 0 Å². The van der Waals surface area contributed by atoms with Crippen LogP contribution in [0.2, 0.25) is 0 Å². The zero-order valence-corrected chi connectivity index (χ0v) is 11.8. The number of aromatic nitrogens is 2. The van der Waals surface area contributed by atoms with Crippen LogP contribution in [0.3, 0.4) is 0 Å². The molecule has 7 nitrogen and oxygen atoms in total. The topological polar surface area (TPSA) is 90.3 Å². The Labute approximate surface area is 125 Å². The van der Waals surface area contributed by atoms with Gasteiger partial charge in [-0.3, -0.25) is 9.59 Å². The lowest BCUT2D eigenvalue weighted by Gasteiger charge is -2.01. The van der Waals surface area contributed by atoms with E-state index in [2.05, 4.69) is 10.5 Å². The van der Waals surface area contributed by atoms with E-state index < -0.39 is 5.91 Å². The van der Waals surface area contributed by atoms with Crippen molar-refractivity contribution in [2.75, 3.05) is 5.32 Å². The van der Waals surface area contributed by atoms with Gasteiger partial charge in [0.05, 0.1) is 6.54 Å². The summed E-state index contributed by atoms with van der Waals surface area (Å²) in [5, 5.41) is 6.23. The van der Waals surface area contributed by atoms with E-state index in [1.807, 2.05) is 0 Å². The Hall–Kier alpha value is -3.09. The SMILES string of the molecule is Cc1cc(NC(=O)c2ccc(Cn3ccccc3=O)o2)no1. The number of rotatable bonds is 4. The van der Waals surface area contributed by atoms with Crippen LogP contribution in [-0.4, -0.2) is 15.6 Å². The number of amides is 1. The summed E-state index contributed by atoms with van der Waals surface area (Å²) in [7, 11) is 0. The number of hydrogen-bond acceptors (Lipinski definition) is 5. The van der Waals surface area contributed by atoms with E-state index in [9.17, 15) is 9.59 Å². The standard InChI is InChI=1S/C15H13N3O4/c1-10-8-13(17-22-10)16-15(20)12-6-5-11(21-12)9-18-7-3-2-4-14(18)19/h2-8H,9H2,1H3,(H,16,17,20). The quantitative estimate of drug-likeness (QED) is 0.796. The second kappa shape index (κ2) is 5.72. The smallest absolute Gasteiger partial charge is 0.292 e. The van der Waals surface area contributed by atoms with Crippen molar-refractivity contribution in [3.05, 3.63) is 70.2 Å². The van der Waals surface area contributed by atoms with Crippen molar-refractivity contribution in [2.45, 2.75) is 13.5 Å². The lowest BCUT2D eigenvalue weighted by atomic mass is 10.4. The average molecular weight is 299 g/mol. The molecule has 3 heterocycles. The van der Waals surface area contributed by atoms with Crippen LogP contribution in [0.1, 0.15) is 22.1 Å². The number of nitrogens with zero attached hydrogens (tertiary/aromatic N) is 2. The minimum atomic E-state index is -0.431. The Kier molecular flexibility index (Phi) is 3.61. The van der Waals surface area contributed by atoms with Gasteiger partial charge in [-0.25, -0.2) is 0 Å². The molecular weight excluding hydrogens is 286 g/mol. The molecule has 0 saturated heterocycles. The van der Waals surface area contributed by atoms with Gasteiger partial charge in [-0.2, -0.15) is 0 Å². The van der Waals surface area contributed by atoms with Crippen molar-refractivity contribution in [2.24, 2.45) is 0 Å². The lowest BCUT2D eigenvalue weighted by molar-refractivity contribution is 0.0994. The Balaban J connectivity index is 1.72. The summed E-state index contributed by atoms with van der Waals surface area (Å²) in [5.41, 5.74) is -0.136. The van der Waals surface area contributed by atoms with Crippen molar-refractivity contribution >= 4 is 11.7 Å². The molecule has 0 saturated carbocycles. The van der Waals surface area contributed by atoms with Gasteiger partial charge in [0.25, 0.3) is 11.5 Å². The van der Waals surface area contributed by atoms with Crippen LogP contribution < -0.4 is 10.9 Å². The Bertz CT molecular complexity index is 859. The number of carbonyl (C=O) groups is 1. The van der Waals surface area contributed by atoms with E-state index in [0.29, 0.717) is 17.3 Å². The van der Waals surface area contributed by atoms with Gasteiger partial charge in [0.1, 0.15) is 11.5 Å². The molecule has 0 unspecified atom stereocenters. The normalized spacial score (nSPS) is 10.6. The molecule has 112 valence electrons. The van der Waals surface area contributed by atoms with Crippen LogP contribution in [0.15, 0.2) is 56.3 Å². The van der Waals surface area contributed by atoms with Crippen LogP contribution in [0.5, 0.6) is 0 Å². The summed E-state index contributed by atoms with van der Waals surface area (Å²) in [5.74, 6) is 1.13. The monoisotopic (exact) mass is 299 g/mol. The van der Waals surface area contributed by atoms with E-state index in [-0.39, 0.29) is 17.9 Å². The Morgan fingerprint density at radius 2 is 2.18 bits per heavy atom. The molecule has 0 atom stereocenters. The molecule has 0 aliphatic rings. The maximum absolute atomic E-state index is 12.0. The average Bonchev–Trinajstić information content (AvgIpc) is 3.11. The molecule has 0 bridgehead atoms. The van der Waals surface area contributed by atoms with Gasteiger partial charge in [0.15, 0.2) is 11.6 Å². The highest BCUT2D eigenvalue weighted by Crippen LogP contribution is 2.13. The first-order valence-electron chi connectivity index (χ1n) is 6.61. The van der Waals surface area contributed by atoms with Gasteiger partial charge < -0.3 is 18.8 Å². The van der Waals surface area contributed by atoms with Crippen molar-refractivity contribution in [1.29, 1.82) is 0 Å². The molecular formula is C15H13N3O4. The maximum Gasteiger partial charge on any atom is 0.292 e. The van der Waals surface area contributed by atoms with E-state index in [4.69, 9.17) is 8.94 Å². The van der Waals surface area contributed by atoms with Crippen LogP contribution in [0, 0.1) is 6.92 Å². The number of anilines is 1. The zero-order valence-electron chi connectivity index (χ0n) is 11.8. The largest absolute Gasteiger partial charge is 0.454 e. The molecule has 0 spiro atoms. The first kappa shape index (κ1) is 13.9. The fraction of sp³-hybridized carbons (Fsp3) is 0.133. The summed E-state index contributed by atoms with van der Waals surface area (Å²) in [6, 6.07) is 9.69. The van der Waals surface area contributed by atoms with Crippen LogP contribution >= 0.6 is 0 Å². The van der Waals surface area contributed by atoms with Gasteiger partial charge in [0.2, 0.25) is 0 Å². The van der Waals surface area contributed by atoms with Gasteiger partial charge in [-0.05, 0) is 25.1 Å². The number of carbonyl (C=O) groups excluding carboxylic acids is 1. The molecule has 0 aliphatic carbocycles.